The van der Waals surface area contributed by atoms with Crippen molar-refractivity contribution in [2.24, 2.45) is 10.9 Å². The van der Waals surface area contributed by atoms with Crippen LogP contribution in [0.5, 0.6) is 5.75 Å². The van der Waals surface area contributed by atoms with E-state index in [1.54, 1.807) is 14.2 Å². The van der Waals surface area contributed by atoms with Crippen molar-refractivity contribution in [2.45, 2.75) is 18.9 Å². The minimum absolute atomic E-state index is 0. The molecule has 0 amide bonds. The summed E-state index contributed by atoms with van der Waals surface area (Å²) in [6.45, 7) is 2.47. The second-order valence-corrected chi connectivity index (χ2v) is 9.20. The molecule has 0 spiro atoms. The lowest BCUT2D eigenvalue weighted by atomic mass is 10.1. The fourth-order valence-corrected chi connectivity index (χ4v) is 5.51. The number of nitrogens with one attached hydrogen (secondary N) is 2. The van der Waals surface area contributed by atoms with Gasteiger partial charge in [-0.15, -0.1) is 24.0 Å². The highest BCUT2D eigenvalue weighted by molar-refractivity contribution is 14.0. The van der Waals surface area contributed by atoms with Gasteiger partial charge in [-0.1, -0.05) is 12.1 Å². The van der Waals surface area contributed by atoms with Crippen molar-refractivity contribution in [2.75, 3.05) is 50.2 Å². The van der Waals surface area contributed by atoms with E-state index in [1.165, 1.54) is 0 Å². The molecule has 2 aliphatic heterocycles. The third-order valence-corrected chi connectivity index (χ3v) is 6.90. The van der Waals surface area contributed by atoms with Crippen molar-refractivity contribution in [3.63, 3.8) is 0 Å². The van der Waals surface area contributed by atoms with Gasteiger partial charge in [-0.25, -0.2) is 8.42 Å². The highest BCUT2D eigenvalue weighted by atomic mass is 127. The number of benzene rings is 1. The quantitative estimate of drug-likeness (QED) is 0.357. The first-order chi connectivity index (χ1) is 12.5. The standard InChI is InChI=1S/C18H28N4O3S.HI/c1-19-18(20-11-14-8-10-26(23,24)13-14)21-15-7-9-22(12-15)16-5-3-4-6-17(16)25-2;/h3-6,14-15H,7-13H2,1-2H3,(H2,19,20,21);1H. The lowest BCUT2D eigenvalue weighted by Crippen LogP contribution is -2.46. The number of hydrogen-bond acceptors (Lipinski definition) is 5. The summed E-state index contributed by atoms with van der Waals surface area (Å²) >= 11 is 0. The number of para-hydroxylation sites is 2. The first-order valence-electron chi connectivity index (χ1n) is 9.06. The Labute approximate surface area is 178 Å². The number of guanidine groups is 1. The van der Waals surface area contributed by atoms with Gasteiger partial charge in [-0.3, -0.25) is 4.99 Å². The lowest BCUT2D eigenvalue weighted by Gasteiger charge is -2.22. The lowest BCUT2D eigenvalue weighted by molar-refractivity contribution is 0.415. The van der Waals surface area contributed by atoms with Gasteiger partial charge in [0.2, 0.25) is 0 Å². The van der Waals surface area contributed by atoms with E-state index in [0.717, 1.165) is 43.3 Å². The van der Waals surface area contributed by atoms with Gasteiger partial charge in [0.25, 0.3) is 0 Å². The van der Waals surface area contributed by atoms with E-state index >= 15 is 0 Å². The number of rotatable bonds is 5. The number of aliphatic imine (C=N–C) groups is 1. The molecule has 0 radical (unpaired) electrons. The van der Waals surface area contributed by atoms with Crippen molar-refractivity contribution in [1.29, 1.82) is 0 Å². The molecule has 0 bridgehead atoms. The summed E-state index contributed by atoms with van der Waals surface area (Å²) in [5, 5.41) is 6.74. The summed E-state index contributed by atoms with van der Waals surface area (Å²) in [5.74, 6) is 2.38. The van der Waals surface area contributed by atoms with Crippen LogP contribution in [-0.4, -0.2) is 65.7 Å². The highest BCUT2D eigenvalue weighted by Crippen LogP contribution is 2.30. The van der Waals surface area contributed by atoms with E-state index in [4.69, 9.17) is 4.74 Å². The minimum Gasteiger partial charge on any atom is -0.495 e. The van der Waals surface area contributed by atoms with Crippen LogP contribution in [0.2, 0.25) is 0 Å². The van der Waals surface area contributed by atoms with Crippen molar-refractivity contribution < 1.29 is 13.2 Å². The molecule has 1 aromatic carbocycles. The zero-order chi connectivity index (χ0) is 18.6. The fraction of sp³-hybridized carbons (Fsp3) is 0.611. The van der Waals surface area contributed by atoms with Gasteiger partial charge in [0.1, 0.15) is 5.75 Å². The molecule has 2 heterocycles. The van der Waals surface area contributed by atoms with Crippen LogP contribution in [0.25, 0.3) is 0 Å². The predicted molar refractivity (Wildman–Crippen MR) is 120 cm³/mol. The van der Waals surface area contributed by atoms with Crippen molar-refractivity contribution >= 4 is 45.5 Å². The van der Waals surface area contributed by atoms with Crippen LogP contribution in [0.15, 0.2) is 29.3 Å². The Bertz CT molecular complexity index is 757. The second kappa shape index (κ2) is 9.81. The van der Waals surface area contributed by atoms with Crippen molar-refractivity contribution in [3.8, 4) is 5.75 Å². The summed E-state index contributed by atoms with van der Waals surface area (Å²) in [6, 6.07) is 8.34. The van der Waals surface area contributed by atoms with Crippen LogP contribution >= 0.6 is 24.0 Å². The molecule has 2 saturated heterocycles. The molecule has 152 valence electrons. The largest absolute Gasteiger partial charge is 0.495 e. The average molecular weight is 508 g/mol. The number of halogens is 1. The Morgan fingerprint density at radius 1 is 1.33 bits per heavy atom. The third kappa shape index (κ3) is 5.87. The molecule has 3 rings (SSSR count). The summed E-state index contributed by atoms with van der Waals surface area (Å²) in [7, 11) is 0.602. The van der Waals surface area contributed by atoms with Gasteiger partial charge in [0.15, 0.2) is 15.8 Å². The van der Waals surface area contributed by atoms with Crippen LogP contribution < -0.4 is 20.3 Å². The molecule has 0 saturated carbocycles. The van der Waals surface area contributed by atoms with Gasteiger partial charge < -0.3 is 20.3 Å². The number of nitrogens with zero attached hydrogens (tertiary/aromatic N) is 2. The SMILES string of the molecule is CN=C(NCC1CCS(=O)(=O)C1)NC1CCN(c2ccccc2OC)C1.I. The zero-order valence-corrected chi connectivity index (χ0v) is 19.0. The first kappa shape index (κ1) is 22.1. The van der Waals surface area contributed by atoms with Crippen LogP contribution in [0, 0.1) is 5.92 Å². The highest BCUT2D eigenvalue weighted by Gasteiger charge is 2.28. The van der Waals surface area contributed by atoms with E-state index < -0.39 is 9.84 Å². The maximum Gasteiger partial charge on any atom is 0.191 e. The maximum atomic E-state index is 11.6. The Morgan fingerprint density at radius 3 is 2.78 bits per heavy atom. The third-order valence-electron chi connectivity index (χ3n) is 5.06. The van der Waals surface area contributed by atoms with Crippen LogP contribution in [-0.2, 0) is 9.84 Å². The average Bonchev–Trinajstić information content (AvgIpc) is 3.24. The van der Waals surface area contributed by atoms with Crippen LogP contribution in [0.4, 0.5) is 5.69 Å². The topological polar surface area (TPSA) is 83.0 Å². The van der Waals surface area contributed by atoms with Gasteiger partial charge in [-0.2, -0.15) is 0 Å². The second-order valence-electron chi connectivity index (χ2n) is 6.97. The summed E-state index contributed by atoms with van der Waals surface area (Å²) in [6.07, 6.45) is 1.74. The number of sulfone groups is 1. The van der Waals surface area contributed by atoms with Crippen molar-refractivity contribution in [1.82, 2.24) is 10.6 Å². The Kier molecular flexibility index (Phi) is 8.02. The normalized spacial score (nSPS) is 24.4. The summed E-state index contributed by atoms with van der Waals surface area (Å²) in [4.78, 5) is 6.59. The van der Waals surface area contributed by atoms with E-state index in [2.05, 4.69) is 26.6 Å². The van der Waals surface area contributed by atoms with Crippen LogP contribution in [0.1, 0.15) is 12.8 Å². The number of hydrogen-bond donors (Lipinski definition) is 2. The van der Waals surface area contributed by atoms with Gasteiger partial charge in [0, 0.05) is 32.7 Å². The molecule has 1 aromatic rings. The molecule has 2 aliphatic rings. The summed E-state index contributed by atoms with van der Waals surface area (Å²) in [5.41, 5.74) is 1.11. The molecular formula is C18H29IN4O3S. The number of methoxy groups -OCH3 is 1. The van der Waals surface area contributed by atoms with Gasteiger partial charge >= 0.3 is 0 Å². The molecule has 0 aromatic heterocycles. The van der Waals surface area contributed by atoms with Gasteiger partial charge in [0.05, 0.1) is 24.3 Å². The van der Waals surface area contributed by atoms with E-state index in [0.29, 0.717) is 18.3 Å². The first-order valence-corrected chi connectivity index (χ1v) is 10.9. The van der Waals surface area contributed by atoms with E-state index in [1.807, 2.05) is 18.2 Å². The number of anilines is 1. The zero-order valence-electron chi connectivity index (χ0n) is 15.8. The smallest absolute Gasteiger partial charge is 0.191 e. The van der Waals surface area contributed by atoms with E-state index in [-0.39, 0.29) is 35.6 Å². The molecule has 2 N–H and O–H groups in total. The minimum atomic E-state index is -2.84. The van der Waals surface area contributed by atoms with Crippen molar-refractivity contribution in [3.05, 3.63) is 24.3 Å². The molecule has 2 atom stereocenters. The van der Waals surface area contributed by atoms with E-state index in [9.17, 15) is 8.42 Å². The predicted octanol–water partition coefficient (Wildman–Crippen LogP) is 1.49. The Morgan fingerprint density at radius 2 is 2.11 bits per heavy atom. The maximum absolute atomic E-state index is 11.6. The molecule has 27 heavy (non-hydrogen) atoms. The summed E-state index contributed by atoms with van der Waals surface area (Å²) < 4.78 is 28.6. The molecule has 0 aliphatic carbocycles. The Balaban J connectivity index is 0.00000261. The molecular weight excluding hydrogens is 479 g/mol. The Hall–Kier alpha value is -1.23. The molecule has 7 nitrogen and oxygen atoms in total. The number of ether oxygens (including phenoxy) is 1. The fourth-order valence-electron chi connectivity index (χ4n) is 3.65. The van der Waals surface area contributed by atoms with Crippen LogP contribution in [0.3, 0.4) is 0 Å². The van der Waals surface area contributed by atoms with Gasteiger partial charge in [-0.05, 0) is 30.9 Å². The molecule has 2 unspecified atom stereocenters. The molecule has 2 fully saturated rings. The molecule has 9 heteroatoms. The monoisotopic (exact) mass is 508 g/mol.